The molecule has 1 unspecified atom stereocenters. The average Bonchev–Trinajstić information content (AvgIpc) is 2.45. The summed E-state index contributed by atoms with van der Waals surface area (Å²) < 4.78 is 5.04. The molecule has 0 aromatic rings. The molecule has 0 spiro atoms. The summed E-state index contributed by atoms with van der Waals surface area (Å²) in [5.41, 5.74) is 5.54. The second-order valence-electron chi connectivity index (χ2n) is 5.75. The van der Waals surface area contributed by atoms with Crippen LogP contribution in [0.25, 0.3) is 0 Å². The van der Waals surface area contributed by atoms with Crippen molar-refractivity contribution in [1.29, 1.82) is 0 Å². The molecule has 1 fully saturated rings. The molecule has 0 heterocycles. The molecule has 1 rings (SSSR count). The second kappa shape index (κ2) is 8.95. The first-order valence-corrected chi connectivity index (χ1v) is 7.72. The van der Waals surface area contributed by atoms with E-state index in [2.05, 4.69) is 12.2 Å². The number of carbonyl (C=O) groups excluding carboxylic acids is 2. The molecule has 1 aliphatic carbocycles. The number of rotatable bonds is 7. The summed E-state index contributed by atoms with van der Waals surface area (Å²) >= 11 is 0. The molecular weight excluding hydrogens is 256 g/mol. The van der Waals surface area contributed by atoms with Gasteiger partial charge in [0.2, 0.25) is 5.91 Å². The largest absolute Gasteiger partial charge is 0.466 e. The van der Waals surface area contributed by atoms with Gasteiger partial charge in [-0.2, -0.15) is 0 Å². The number of amides is 1. The van der Waals surface area contributed by atoms with Gasteiger partial charge < -0.3 is 15.8 Å². The Morgan fingerprint density at radius 3 is 2.50 bits per heavy atom. The van der Waals surface area contributed by atoms with Gasteiger partial charge in [-0.1, -0.05) is 6.92 Å². The molecule has 0 saturated heterocycles. The third-order valence-electron chi connectivity index (χ3n) is 3.98. The Hall–Kier alpha value is -1.10. The molecule has 3 N–H and O–H groups in total. The van der Waals surface area contributed by atoms with Crippen LogP contribution in [-0.4, -0.2) is 31.1 Å². The van der Waals surface area contributed by atoms with Gasteiger partial charge in [-0.25, -0.2) is 0 Å². The summed E-state index contributed by atoms with van der Waals surface area (Å²) in [4.78, 5) is 23.4. The van der Waals surface area contributed by atoms with E-state index in [1.54, 1.807) is 0 Å². The highest BCUT2D eigenvalue weighted by Gasteiger charge is 2.27. The van der Waals surface area contributed by atoms with Crippen molar-refractivity contribution in [2.24, 2.45) is 17.6 Å². The van der Waals surface area contributed by atoms with Gasteiger partial charge in [-0.05, 0) is 51.5 Å². The van der Waals surface area contributed by atoms with Gasteiger partial charge >= 0.3 is 5.97 Å². The van der Waals surface area contributed by atoms with Gasteiger partial charge in [0, 0.05) is 12.5 Å². The molecule has 1 atom stereocenters. The lowest BCUT2D eigenvalue weighted by molar-refractivity contribution is -0.149. The van der Waals surface area contributed by atoms with Crippen LogP contribution >= 0.6 is 0 Å². The maximum Gasteiger partial charge on any atom is 0.308 e. The molecule has 0 aromatic heterocycles. The first kappa shape index (κ1) is 17.0. The van der Waals surface area contributed by atoms with E-state index in [4.69, 9.17) is 10.5 Å². The minimum atomic E-state index is -0.0888. The van der Waals surface area contributed by atoms with Gasteiger partial charge in [0.15, 0.2) is 0 Å². The minimum Gasteiger partial charge on any atom is -0.466 e. The molecular formula is C15H28N2O3. The van der Waals surface area contributed by atoms with Crippen LogP contribution in [-0.2, 0) is 14.3 Å². The third-order valence-corrected chi connectivity index (χ3v) is 3.98. The Morgan fingerprint density at radius 2 is 1.95 bits per heavy atom. The third kappa shape index (κ3) is 5.90. The zero-order valence-corrected chi connectivity index (χ0v) is 12.7. The Bertz CT molecular complexity index is 312. The molecule has 5 heteroatoms. The fourth-order valence-electron chi connectivity index (χ4n) is 2.53. The van der Waals surface area contributed by atoms with Crippen molar-refractivity contribution < 1.29 is 14.3 Å². The number of ether oxygens (including phenoxy) is 1. The molecule has 0 radical (unpaired) electrons. The maximum atomic E-state index is 11.8. The van der Waals surface area contributed by atoms with Crippen LogP contribution < -0.4 is 11.1 Å². The van der Waals surface area contributed by atoms with Crippen LogP contribution in [0.1, 0.15) is 52.4 Å². The SMILES string of the molecule is CCOC(=O)C1CCC(NC(=O)CCC(C)CN)CC1. The van der Waals surface area contributed by atoms with Crippen LogP contribution in [0, 0.1) is 11.8 Å². The van der Waals surface area contributed by atoms with Crippen molar-refractivity contribution in [2.45, 2.75) is 58.4 Å². The molecule has 20 heavy (non-hydrogen) atoms. The summed E-state index contributed by atoms with van der Waals surface area (Å²) in [6.07, 6.45) is 4.71. The van der Waals surface area contributed by atoms with Crippen LogP contribution in [0.4, 0.5) is 0 Å². The number of hydrogen-bond donors (Lipinski definition) is 2. The Labute approximate surface area is 121 Å². The molecule has 1 aliphatic rings. The molecule has 5 nitrogen and oxygen atoms in total. The molecule has 0 bridgehead atoms. The topological polar surface area (TPSA) is 81.4 Å². The van der Waals surface area contributed by atoms with Gasteiger partial charge in [-0.3, -0.25) is 9.59 Å². The van der Waals surface area contributed by atoms with Crippen molar-refractivity contribution in [3.05, 3.63) is 0 Å². The zero-order valence-electron chi connectivity index (χ0n) is 12.7. The highest BCUT2D eigenvalue weighted by molar-refractivity contribution is 5.76. The monoisotopic (exact) mass is 284 g/mol. The van der Waals surface area contributed by atoms with Crippen molar-refractivity contribution in [3.63, 3.8) is 0 Å². The highest BCUT2D eigenvalue weighted by atomic mass is 16.5. The number of carbonyl (C=O) groups is 2. The predicted octanol–water partition coefficient (Wildman–Crippen LogP) is 1.60. The van der Waals surface area contributed by atoms with Crippen LogP contribution in [0.3, 0.4) is 0 Å². The standard InChI is InChI=1S/C15H28N2O3/c1-3-20-15(19)12-5-7-13(8-6-12)17-14(18)9-4-11(2)10-16/h11-13H,3-10,16H2,1-2H3,(H,17,18). The van der Waals surface area contributed by atoms with Crippen LogP contribution in [0.2, 0.25) is 0 Å². The van der Waals surface area contributed by atoms with E-state index in [0.717, 1.165) is 32.1 Å². The van der Waals surface area contributed by atoms with E-state index in [0.29, 0.717) is 25.5 Å². The lowest BCUT2D eigenvalue weighted by Crippen LogP contribution is -2.39. The minimum absolute atomic E-state index is 0.0142. The highest BCUT2D eigenvalue weighted by Crippen LogP contribution is 2.25. The average molecular weight is 284 g/mol. The van der Waals surface area contributed by atoms with Crippen molar-refractivity contribution in [3.8, 4) is 0 Å². The quantitative estimate of drug-likeness (QED) is 0.696. The van der Waals surface area contributed by atoms with Gasteiger partial charge in [0.25, 0.3) is 0 Å². The zero-order chi connectivity index (χ0) is 15.0. The van der Waals surface area contributed by atoms with E-state index in [-0.39, 0.29) is 23.8 Å². The molecule has 1 saturated carbocycles. The predicted molar refractivity (Wildman–Crippen MR) is 78.0 cm³/mol. The Kier molecular flexibility index (Phi) is 7.59. The van der Waals surface area contributed by atoms with Crippen molar-refractivity contribution >= 4 is 11.9 Å². The van der Waals surface area contributed by atoms with Gasteiger partial charge in [0.05, 0.1) is 12.5 Å². The summed E-state index contributed by atoms with van der Waals surface area (Å²) in [5.74, 6) is 0.416. The van der Waals surface area contributed by atoms with E-state index in [1.165, 1.54) is 0 Å². The Balaban J connectivity index is 2.21. The first-order valence-electron chi connectivity index (χ1n) is 7.72. The maximum absolute atomic E-state index is 11.8. The summed E-state index contributed by atoms with van der Waals surface area (Å²) in [7, 11) is 0. The fourth-order valence-corrected chi connectivity index (χ4v) is 2.53. The summed E-state index contributed by atoms with van der Waals surface area (Å²) in [6.45, 7) is 4.94. The van der Waals surface area contributed by atoms with E-state index in [1.807, 2.05) is 6.92 Å². The second-order valence-corrected chi connectivity index (χ2v) is 5.75. The Morgan fingerprint density at radius 1 is 1.30 bits per heavy atom. The normalized spacial score (nSPS) is 23.9. The number of nitrogens with one attached hydrogen (secondary N) is 1. The molecule has 1 amide bonds. The lowest BCUT2D eigenvalue weighted by atomic mass is 9.86. The summed E-state index contributed by atoms with van der Waals surface area (Å²) in [6, 6.07) is 0.210. The van der Waals surface area contributed by atoms with Crippen LogP contribution in [0.5, 0.6) is 0 Å². The van der Waals surface area contributed by atoms with Gasteiger partial charge in [-0.15, -0.1) is 0 Å². The van der Waals surface area contributed by atoms with E-state index >= 15 is 0 Å². The van der Waals surface area contributed by atoms with Crippen LogP contribution in [0.15, 0.2) is 0 Å². The number of hydrogen-bond acceptors (Lipinski definition) is 4. The molecule has 0 aliphatic heterocycles. The first-order chi connectivity index (χ1) is 9.56. The van der Waals surface area contributed by atoms with Crippen molar-refractivity contribution in [1.82, 2.24) is 5.32 Å². The van der Waals surface area contributed by atoms with E-state index in [9.17, 15) is 9.59 Å². The molecule has 116 valence electrons. The summed E-state index contributed by atoms with van der Waals surface area (Å²) in [5, 5.41) is 3.06. The smallest absolute Gasteiger partial charge is 0.308 e. The van der Waals surface area contributed by atoms with Crippen molar-refractivity contribution in [2.75, 3.05) is 13.2 Å². The fraction of sp³-hybridized carbons (Fsp3) is 0.867. The molecule has 0 aromatic carbocycles. The lowest BCUT2D eigenvalue weighted by Gasteiger charge is -2.28. The number of esters is 1. The van der Waals surface area contributed by atoms with Gasteiger partial charge in [0.1, 0.15) is 0 Å². The van der Waals surface area contributed by atoms with E-state index < -0.39 is 0 Å². The number of nitrogens with two attached hydrogens (primary N) is 1.